The number of amides is 1. The first kappa shape index (κ1) is 13.7. The van der Waals surface area contributed by atoms with Gasteiger partial charge in [-0.15, -0.1) is 5.10 Å². The van der Waals surface area contributed by atoms with E-state index in [-0.39, 0.29) is 5.91 Å². The van der Waals surface area contributed by atoms with Crippen molar-refractivity contribution in [2.24, 2.45) is 0 Å². The van der Waals surface area contributed by atoms with Crippen LogP contribution >= 0.6 is 11.5 Å². The van der Waals surface area contributed by atoms with Crippen molar-refractivity contribution in [2.45, 2.75) is 32.6 Å². The molecule has 100 valence electrons. The van der Waals surface area contributed by atoms with Gasteiger partial charge in [0.2, 0.25) is 5.91 Å². The molecule has 0 radical (unpaired) electrons. The predicted octanol–water partition coefficient (Wildman–Crippen LogP) is 3.06. The molecular weight excluding hydrogens is 258 g/mol. The largest absolute Gasteiger partial charge is 0.315 e. The molecule has 4 nitrogen and oxygen atoms in total. The van der Waals surface area contributed by atoms with Crippen LogP contribution in [0.2, 0.25) is 0 Å². The number of carbonyl (C=O) groups excluding carboxylic acids is 1. The highest BCUT2D eigenvalue weighted by Crippen LogP contribution is 2.12. The summed E-state index contributed by atoms with van der Waals surface area (Å²) in [5.41, 5.74) is 2.35. The molecule has 1 aromatic carbocycles. The second-order valence-electron chi connectivity index (χ2n) is 4.43. The minimum Gasteiger partial charge on any atom is -0.315 e. The van der Waals surface area contributed by atoms with Crippen molar-refractivity contribution in [3.63, 3.8) is 0 Å². The third-order valence-corrected chi connectivity index (χ3v) is 3.41. The fraction of sp³-hybridized carbons (Fsp3) is 0.357. The lowest BCUT2D eigenvalue weighted by Crippen LogP contribution is -2.13. The summed E-state index contributed by atoms with van der Waals surface area (Å²) < 4.78 is 3.70. The molecule has 1 N–H and O–H groups in total. The molecule has 0 fully saturated rings. The zero-order chi connectivity index (χ0) is 13.5. The summed E-state index contributed by atoms with van der Waals surface area (Å²) in [6.45, 7) is 2.19. The first-order valence-electron chi connectivity index (χ1n) is 6.43. The summed E-state index contributed by atoms with van der Waals surface area (Å²) in [6.07, 6.45) is 5.45. The molecule has 2 aromatic rings. The Hall–Kier alpha value is -1.75. The molecule has 0 bridgehead atoms. The van der Waals surface area contributed by atoms with Gasteiger partial charge in [-0.25, -0.2) is 0 Å². The number of hydrogen-bond donors (Lipinski definition) is 1. The first-order chi connectivity index (χ1) is 9.28. The number of carbonyl (C=O) groups is 1. The Bertz CT molecular complexity index is 508. The molecule has 0 aliphatic heterocycles. The summed E-state index contributed by atoms with van der Waals surface area (Å²) in [5, 5.41) is 7.13. The molecule has 0 unspecified atom stereocenters. The van der Waals surface area contributed by atoms with E-state index in [4.69, 9.17) is 0 Å². The Morgan fingerprint density at radius 2 is 2.00 bits per heavy atom. The van der Waals surface area contributed by atoms with Crippen LogP contribution in [0.4, 0.5) is 5.00 Å². The molecule has 1 heterocycles. The molecule has 0 aliphatic rings. The molecule has 0 atom stereocenters. The molecule has 0 spiro atoms. The Morgan fingerprint density at radius 1 is 1.26 bits per heavy atom. The third kappa shape index (κ3) is 4.44. The molecule has 1 amide bonds. The van der Waals surface area contributed by atoms with Gasteiger partial charge in [0, 0.05) is 11.5 Å². The van der Waals surface area contributed by atoms with E-state index in [1.54, 1.807) is 6.20 Å². The maximum atomic E-state index is 11.8. The van der Waals surface area contributed by atoms with Gasteiger partial charge in [-0.3, -0.25) is 4.79 Å². The molecule has 19 heavy (non-hydrogen) atoms. The van der Waals surface area contributed by atoms with Gasteiger partial charge in [0.05, 0.1) is 12.6 Å². The minimum absolute atomic E-state index is 0.0349. The predicted molar refractivity (Wildman–Crippen MR) is 77.3 cm³/mol. The van der Waals surface area contributed by atoms with Crippen molar-refractivity contribution in [3.05, 3.63) is 41.6 Å². The summed E-state index contributed by atoms with van der Waals surface area (Å²) in [4.78, 5) is 11.8. The number of rotatable bonds is 6. The lowest BCUT2D eigenvalue weighted by molar-refractivity contribution is -0.115. The highest BCUT2D eigenvalue weighted by Gasteiger charge is 2.05. The average Bonchev–Trinajstić information content (AvgIpc) is 2.90. The van der Waals surface area contributed by atoms with Gasteiger partial charge in [-0.1, -0.05) is 42.1 Å². The zero-order valence-corrected chi connectivity index (χ0v) is 11.7. The first-order valence-corrected chi connectivity index (χ1v) is 7.20. The Balaban J connectivity index is 1.86. The maximum Gasteiger partial charge on any atom is 0.229 e. The molecule has 0 saturated heterocycles. The fourth-order valence-electron chi connectivity index (χ4n) is 1.79. The van der Waals surface area contributed by atoms with Crippen LogP contribution in [0.1, 0.15) is 30.9 Å². The SMILES string of the molecule is CCCCc1ccc(CC(=O)Nc2cnns2)cc1. The average molecular weight is 275 g/mol. The van der Waals surface area contributed by atoms with Gasteiger partial charge < -0.3 is 5.32 Å². The molecule has 1 aromatic heterocycles. The van der Waals surface area contributed by atoms with Gasteiger partial charge in [-0.2, -0.15) is 0 Å². The molecular formula is C14H17N3OS. The van der Waals surface area contributed by atoms with Crippen LogP contribution in [-0.4, -0.2) is 15.5 Å². The van der Waals surface area contributed by atoms with Crippen molar-refractivity contribution in [3.8, 4) is 0 Å². The fourth-order valence-corrected chi connectivity index (χ4v) is 2.23. The highest BCUT2D eigenvalue weighted by molar-refractivity contribution is 7.10. The smallest absolute Gasteiger partial charge is 0.229 e. The maximum absolute atomic E-state index is 11.8. The van der Waals surface area contributed by atoms with Gasteiger partial charge in [-0.05, 0) is 24.0 Å². The summed E-state index contributed by atoms with van der Waals surface area (Å²) >= 11 is 1.18. The van der Waals surface area contributed by atoms with Crippen molar-refractivity contribution in [2.75, 3.05) is 5.32 Å². The van der Waals surface area contributed by atoms with E-state index in [1.807, 2.05) is 12.1 Å². The lowest BCUT2D eigenvalue weighted by atomic mass is 10.0. The number of anilines is 1. The van der Waals surface area contributed by atoms with Crippen LogP contribution in [0, 0.1) is 0 Å². The second kappa shape index (κ2) is 6.99. The second-order valence-corrected chi connectivity index (χ2v) is 5.21. The van der Waals surface area contributed by atoms with Crippen LogP contribution in [0.5, 0.6) is 0 Å². The van der Waals surface area contributed by atoms with Crippen LogP contribution in [-0.2, 0) is 17.6 Å². The Kier molecular flexibility index (Phi) is 5.03. The summed E-state index contributed by atoms with van der Waals surface area (Å²) in [6, 6.07) is 8.25. The monoisotopic (exact) mass is 275 g/mol. The van der Waals surface area contributed by atoms with E-state index in [0.29, 0.717) is 11.4 Å². The topological polar surface area (TPSA) is 54.9 Å². The summed E-state index contributed by atoms with van der Waals surface area (Å²) in [7, 11) is 0. The van der Waals surface area contributed by atoms with Crippen LogP contribution in [0.3, 0.4) is 0 Å². The number of nitrogens with one attached hydrogen (secondary N) is 1. The van der Waals surface area contributed by atoms with E-state index >= 15 is 0 Å². The van der Waals surface area contributed by atoms with Crippen molar-refractivity contribution < 1.29 is 4.79 Å². The van der Waals surface area contributed by atoms with Gasteiger partial charge in [0.15, 0.2) is 0 Å². The van der Waals surface area contributed by atoms with E-state index in [0.717, 1.165) is 12.0 Å². The van der Waals surface area contributed by atoms with E-state index in [1.165, 1.54) is 29.9 Å². The van der Waals surface area contributed by atoms with E-state index < -0.39 is 0 Å². The van der Waals surface area contributed by atoms with Gasteiger partial charge in [0.25, 0.3) is 0 Å². The van der Waals surface area contributed by atoms with Gasteiger partial charge >= 0.3 is 0 Å². The van der Waals surface area contributed by atoms with E-state index in [9.17, 15) is 4.79 Å². The minimum atomic E-state index is -0.0349. The van der Waals surface area contributed by atoms with Crippen LogP contribution < -0.4 is 5.32 Å². The number of unbranched alkanes of at least 4 members (excludes halogenated alkanes) is 1. The lowest BCUT2D eigenvalue weighted by Gasteiger charge is -2.04. The number of aryl methyl sites for hydroxylation is 1. The molecule has 5 heteroatoms. The summed E-state index contributed by atoms with van der Waals surface area (Å²) in [5.74, 6) is -0.0349. The normalized spacial score (nSPS) is 10.4. The van der Waals surface area contributed by atoms with Crippen molar-refractivity contribution >= 4 is 22.4 Å². The number of hydrogen-bond acceptors (Lipinski definition) is 4. The van der Waals surface area contributed by atoms with Crippen LogP contribution in [0.15, 0.2) is 30.5 Å². The standard InChI is InChI=1S/C14H17N3OS/c1-2-3-4-11-5-7-12(8-6-11)9-13(18)16-14-10-15-17-19-14/h5-8,10H,2-4,9H2,1H3,(H,16,18). The van der Waals surface area contributed by atoms with Crippen LogP contribution in [0.25, 0.3) is 0 Å². The molecule has 0 saturated carbocycles. The Morgan fingerprint density at radius 3 is 2.63 bits per heavy atom. The van der Waals surface area contributed by atoms with Crippen molar-refractivity contribution in [1.82, 2.24) is 9.59 Å². The number of benzene rings is 1. The number of nitrogens with zero attached hydrogens (tertiary/aromatic N) is 2. The highest BCUT2D eigenvalue weighted by atomic mass is 32.1. The van der Waals surface area contributed by atoms with Gasteiger partial charge in [0.1, 0.15) is 5.00 Å². The quantitative estimate of drug-likeness (QED) is 0.881. The molecule has 2 rings (SSSR count). The zero-order valence-electron chi connectivity index (χ0n) is 10.9. The van der Waals surface area contributed by atoms with E-state index in [2.05, 4.69) is 34.0 Å². The Labute approximate surface area is 117 Å². The molecule has 0 aliphatic carbocycles. The third-order valence-electron chi connectivity index (χ3n) is 2.83. The number of aromatic nitrogens is 2. The van der Waals surface area contributed by atoms with Crippen molar-refractivity contribution in [1.29, 1.82) is 0 Å².